The maximum atomic E-state index is 5.74. The molecule has 1 aliphatic rings. The van der Waals surface area contributed by atoms with Crippen LogP contribution in [0.4, 0.5) is 0 Å². The van der Waals surface area contributed by atoms with Gasteiger partial charge in [0.25, 0.3) is 11.8 Å². The van der Waals surface area contributed by atoms with Crippen LogP contribution in [0.2, 0.25) is 0 Å². The number of rotatable bonds is 5. The molecule has 0 saturated carbocycles. The van der Waals surface area contributed by atoms with E-state index in [1.54, 1.807) is 30.5 Å². The predicted molar refractivity (Wildman–Crippen MR) is 92.1 cm³/mol. The summed E-state index contributed by atoms with van der Waals surface area (Å²) in [6, 6.07) is 14.4. The Morgan fingerprint density at radius 3 is 2.74 bits per heavy atom. The Labute approximate surface area is 153 Å². The quantitative estimate of drug-likeness (QED) is 0.530. The summed E-state index contributed by atoms with van der Waals surface area (Å²) >= 11 is 0. The summed E-state index contributed by atoms with van der Waals surface area (Å²) in [5, 5.41) is 8.01. The van der Waals surface area contributed by atoms with Crippen LogP contribution in [-0.2, 0) is 6.61 Å². The van der Waals surface area contributed by atoms with Crippen LogP contribution in [0.15, 0.2) is 63.6 Å². The molecule has 0 spiro atoms. The Bertz CT molecular complexity index is 1070. The van der Waals surface area contributed by atoms with E-state index in [1.165, 1.54) is 0 Å². The van der Waals surface area contributed by atoms with Gasteiger partial charge in [-0.25, -0.2) is 0 Å². The van der Waals surface area contributed by atoms with Crippen LogP contribution in [0, 0.1) is 0 Å². The van der Waals surface area contributed by atoms with Gasteiger partial charge < -0.3 is 23.0 Å². The third-order valence-corrected chi connectivity index (χ3v) is 3.91. The molecular formula is C19H13N3O5. The minimum absolute atomic E-state index is 0.227. The van der Waals surface area contributed by atoms with Crippen molar-refractivity contribution in [3.8, 4) is 40.5 Å². The van der Waals surface area contributed by atoms with E-state index in [0.29, 0.717) is 40.4 Å². The first-order valence-corrected chi connectivity index (χ1v) is 8.21. The third kappa shape index (κ3) is 3.08. The van der Waals surface area contributed by atoms with E-state index in [4.69, 9.17) is 23.0 Å². The van der Waals surface area contributed by atoms with Gasteiger partial charge in [0.05, 0.1) is 0 Å². The number of ether oxygens (including phenoxy) is 3. The molecule has 27 heavy (non-hydrogen) atoms. The summed E-state index contributed by atoms with van der Waals surface area (Å²) < 4.78 is 27.7. The molecule has 8 heteroatoms. The van der Waals surface area contributed by atoms with Gasteiger partial charge >= 0.3 is 0 Å². The van der Waals surface area contributed by atoms with E-state index in [-0.39, 0.29) is 19.3 Å². The van der Waals surface area contributed by atoms with Crippen LogP contribution in [0.25, 0.3) is 23.2 Å². The van der Waals surface area contributed by atoms with Crippen molar-refractivity contribution in [2.45, 2.75) is 6.61 Å². The van der Waals surface area contributed by atoms with Gasteiger partial charge in [-0.2, -0.15) is 0 Å². The monoisotopic (exact) mass is 363 g/mol. The lowest BCUT2D eigenvalue weighted by atomic mass is 10.3. The third-order valence-electron chi connectivity index (χ3n) is 3.91. The Balaban J connectivity index is 1.28. The highest BCUT2D eigenvalue weighted by atomic mass is 16.7. The molecular weight excluding hydrogens is 350 g/mol. The molecule has 0 N–H and O–H groups in total. The highest BCUT2D eigenvalue weighted by Gasteiger charge is 2.16. The van der Waals surface area contributed by atoms with E-state index in [9.17, 15) is 0 Å². The highest BCUT2D eigenvalue weighted by molar-refractivity contribution is 5.51. The summed E-state index contributed by atoms with van der Waals surface area (Å²) in [4.78, 5) is 4.18. The summed E-state index contributed by atoms with van der Waals surface area (Å²) in [6.45, 7) is 0.478. The SMILES string of the molecule is c1ccc(-c2nnc(-c3ccc(COc4ccc5c(c4)OCO5)o3)o2)nc1. The van der Waals surface area contributed by atoms with Gasteiger partial charge in [-0.15, -0.1) is 10.2 Å². The van der Waals surface area contributed by atoms with E-state index < -0.39 is 0 Å². The molecule has 0 radical (unpaired) electrons. The average Bonchev–Trinajstić information content (AvgIpc) is 3.46. The van der Waals surface area contributed by atoms with Crippen molar-refractivity contribution in [2.75, 3.05) is 6.79 Å². The van der Waals surface area contributed by atoms with Gasteiger partial charge in [-0.1, -0.05) is 6.07 Å². The zero-order valence-corrected chi connectivity index (χ0v) is 14.0. The van der Waals surface area contributed by atoms with Crippen molar-refractivity contribution in [1.82, 2.24) is 15.2 Å². The summed E-state index contributed by atoms with van der Waals surface area (Å²) in [5.74, 6) is 3.75. The van der Waals surface area contributed by atoms with Crippen LogP contribution in [0.5, 0.6) is 17.2 Å². The van der Waals surface area contributed by atoms with Crippen LogP contribution < -0.4 is 14.2 Å². The second-order valence-electron chi connectivity index (χ2n) is 5.70. The number of aromatic nitrogens is 3. The molecule has 0 fully saturated rings. The predicted octanol–water partition coefficient (Wildman–Crippen LogP) is 3.70. The number of nitrogens with zero attached hydrogens (tertiary/aromatic N) is 3. The van der Waals surface area contributed by atoms with Gasteiger partial charge in [0.1, 0.15) is 23.8 Å². The Morgan fingerprint density at radius 1 is 0.889 bits per heavy atom. The number of hydrogen-bond donors (Lipinski definition) is 0. The molecule has 134 valence electrons. The first-order chi connectivity index (χ1) is 13.3. The van der Waals surface area contributed by atoms with Gasteiger partial charge in [0.2, 0.25) is 6.79 Å². The summed E-state index contributed by atoms with van der Waals surface area (Å²) in [5.41, 5.74) is 0.606. The molecule has 1 aromatic carbocycles. The van der Waals surface area contributed by atoms with Crippen molar-refractivity contribution < 1.29 is 23.0 Å². The Kier molecular flexibility index (Phi) is 3.71. The molecule has 0 amide bonds. The van der Waals surface area contributed by atoms with Gasteiger partial charge in [-0.05, 0) is 36.4 Å². The molecule has 5 rings (SSSR count). The lowest BCUT2D eigenvalue weighted by Gasteiger charge is -2.04. The fraction of sp³-hybridized carbons (Fsp3) is 0.105. The molecule has 8 nitrogen and oxygen atoms in total. The van der Waals surface area contributed by atoms with Crippen molar-refractivity contribution in [3.63, 3.8) is 0 Å². The molecule has 0 unspecified atom stereocenters. The smallest absolute Gasteiger partial charge is 0.283 e. The maximum Gasteiger partial charge on any atom is 0.283 e. The minimum atomic E-state index is 0.227. The second kappa shape index (κ2) is 6.49. The second-order valence-corrected chi connectivity index (χ2v) is 5.70. The molecule has 0 saturated heterocycles. The van der Waals surface area contributed by atoms with Crippen molar-refractivity contribution in [2.24, 2.45) is 0 Å². The van der Waals surface area contributed by atoms with Crippen molar-refractivity contribution >= 4 is 0 Å². The molecule has 4 aromatic rings. The molecule has 4 heterocycles. The Morgan fingerprint density at radius 2 is 1.81 bits per heavy atom. The average molecular weight is 363 g/mol. The number of hydrogen-bond acceptors (Lipinski definition) is 8. The summed E-state index contributed by atoms with van der Waals surface area (Å²) in [7, 11) is 0. The lowest BCUT2D eigenvalue weighted by Crippen LogP contribution is -1.94. The highest BCUT2D eigenvalue weighted by Crippen LogP contribution is 2.35. The van der Waals surface area contributed by atoms with E-state index in [1.807, 2.05) is 24.3 Å². The van der Waals surface area contributed by atoms with Crippen LogP contribution in [0.3, 0.4) is 0 Å². The van der Waals surface area contributed by atoms with E-state index in [2.05, 4.69) is 15.2 Å². The van der Waals surface area contributed by atoms with E-state index in [0.717, 1.165) is 0 Å². The standard InChI is InChI=1S/C19H13N3O5/c1-2-8-20-14(3-1)18-21-22-19(27-18)16-7-5-13(26-16)10-23-12-4-6-15-17(9-12)25-11-24-15/h1-9H,10-11H2. The van der Waals surface area contributed by atoms with E-state index >= 15 is 0 Å². The fourth-order valence-corrected chi connectivity index (χ4v) is 2.61. The molecule has 0 atom stereocenters. The van der Waals surface area contributed by atoms with Crippen molar-refractivity contribution in [1.29, 1.82) is 0 Å². The van der Waals surface area contributed by atoms with Crippen molar-refractivity contribution in [3.05, 3.63) is 60.5 Å². The number of fused-ring (bicyclic) bond motifs is 1. The summed E-state index contributed by atoms with van der Waals surface area (Å²) in [6.07, 6.45) is 1.66. The van der Waals surface area contributed by atoms with Crippen LogP contribution in [0.1, 0.15) is 5.76 Å². The number of pyridine rings is 1. The number of furan rings is 1. The zero-order valence-electron chi connectivity index (χ0n) is 14.0. The number of benzene rings is 1. The Hall–Kier alpha value is -3.81. The largest absolute Gasteiger partial charge is 0.486 e. The molecule has 0 bridgehead atoms. The first kappa shape index (κ1) is 15.4. The van der Waals surface area contributed by atoms with Gasteiger partial charge in [-0.3, -0.25) is 4.98 Å². The first-order valence-electron chi connectivity index (χ1n) is 8.21. The maximum absolute atomic E-state index is 5.74. The van der Waals surface area contributed by atoms with Gasteiger partial charge in [0, 0.05) is 12.3 Å². The topological polar surface area (TPSA) is 92.6 Å². The van der Waals surface area contributed by atoms with Gasteiger partial charge in [0.15, 0.2) is 17.3 Å². The van der Waals surface area contributed by atoms with Crippen LogP contribution >= 0.6 is 0 Å². The zero-order chi connectivity index (χ0) is 18.1. The molecule has 3 aromatic heterocycles. The van der Waals surface area contributed by atoms with Crippen LogP contribution in [-0.4, -0.2) is 22.0 Å². The normalized spacial score (nSPS) is 12.3. The lowest BCUT2D eigenvalue weighted by molar-refractivity contribution is 0.173. The fourth-order valence-electron chi connectivity index (χ4n) is 2.61. The molecule has 1 aliphatic heterocycles. The molecule has 0 aliphatic carbocycles. The minimum Gasteiger partial charge on any atom is -0.486 e.